The van der Waals surface area contributed by atoms with Crippen molar-refractivity contribution in [3.8, 4) is 5.75 Å². The highest BCUT2D eigenvalue weighted by molar-refractivity contribution is 7.17. The molecule has 3 rings (SSSR count). The first-order chi connectivity index (χ1) is 10.1. The molecule has 1 aromatic carbocycles. The second-order valence-electron chi connectivity index (χ2n) is 4.52. The van der Waals surface area contributed by atoms with Crippen molar-refractivity contribution in [3.05, 3.63) is 57.5 Å². The Labute approximate surface area is 124 Å². The fraction of sp³-hybridized carbons (Fsp3) is 0.133. The molecule has 2 heterocycles. The molecule has 0 radical (unpaired) electrons. The number of carbonyl (C=O) groups excluding carboxylic acids is 1. The van der Waals surface area contributed by atoms with Crippen LogP contribution in [-0.4, -0.2) is 15.8 Å². The van der Waals surface area contributed by atoms with Crippen LogP contribution in [0, 0.1) is 0 Å². The van der Waals surface area contributed by atoms with Crippen molar-refractivity contribution < 1.29 is 9.53 Å². The monoisotopic (exact) mass is 300 g/mol. The number of nitrogens with one attached hydrogen (secondary N) is 1. The van der Waals surface area contributed by atoms with E-state index in [1.165, 1.54) is 18.3 Å². The smallest absolute Gasteiger partial charge is 0.268 e. The Balaban J connectivity index is 1.76. The molecule has 0 atom stereocenters. The molecule has 5 nitrogen and oxygen atoms in total. The van der Waals surface area contributed by atoms with Gasteiger partial charge >= 0.3 is 0 Å². The van der Waals surface area contributed by atoms with Gasteiger partial charge in [0.1, 0.15) is 22.9 Å². The molecule has 0 aliphatic rings. The lowest BCUT2D eigenvalue weighted by molar-refractivity contribution is 0.101. The van der Waals surface area contributed by atoms with Gasteiger partial charge < -0.3 is 9.72 Å². The first-order valence-electron chi connectivity index (χ1n) is 6.34. The summed E-state index contributed by atoms with van der Waals surface area (Å²) in [5, 5.41) is 1.83. The van der Waals surface area contributed by atoms with Gasteiger partial charge in [0, 0.05) is 5.56 Å². The lowest BCUT2D eigenvalue weighted by atomic mass is 10.1. The summed E-state index contributed by atoms with van der Waals surface area (Å²) in [6, 6.07) is 8.65. The summed E-state index contributed by atoms with van der Waals surface area (Å²) < 4.78 is 6.18. The topological polar surface area (TPSA) is 72.0 Å². The summed E-state index contributed by atoms with van der Waals surface area (Å²) in [5.41, 5.74) is 1.16. The SMILES string of the molecule is CC(=O)c1ccc(OCc2nc3ccsc3c(=O)[nH]2)cc1. The molecular formula is C15H12N2O3S. The maximum absolute atomic E-state index is 11.8. The van der Waals surface area contributed by atoms with Crippen LogP contribution in [0.15, 0.2) is 40.5 Å². The summed E-state index contributed by atoms with van der Waals surface area (Å²) in [5.74, 6) is 1.10. The minimum Gasteiger partial charge on any atom is -0.486 e. The van der Waals surface area contributed by atoms with Crippen LogP contribution < -0.4 is 10.3 Å². The lowest BCUT2D eigenvalue weighted by Gasteiger charge is -2.06. The number of thiophene rings is 1. The molecule has 0 unspecified atom stereocenters. The van der Waals surface area contributed by atoms with E-state index in [-0.39, 0.29) is 17.9 Å². The molecule has 0 saturated heterocycles. The van der Waals surface area contributed by atoms with Gasteiger partial charge in [-0.2, -0.15) is 0 Å². The average Bonchev–Trinajstić information content (AvgIpc) is 2.94. The van der Waals surface area contributed by atoms with Crippen molar-refractivity contribution >= 4 is 27.3 Å². The molecule has 0 saturated carbocycles. The quantitative estimate of drug-likeness (QED) is 0.752. The Morgan fingerprint density at radius 2 is 2.05 bits per heavy atom. The number of benzene rings is 1. The predicted molar refractivity (Wildman–Crippen MR) is 81.0 cm³/mol. The van der Waals surface area contributed by atoms with Gasteiger partial charge in [-0.3, -0.25) is 9.59 Å². The van der Waals surface area contributed by atoms with Gasteiger partial charge in [0.2, 0.25) is 0 Å². The van der Waals surface area contributed by atoms with E-state index in [0.29, 0.717) is 27.4 Å². The molecule has 106 valence electrons. The number of carbonyl (C=O) groups is 1. The summed E-state index contributed by atoms with van der Waals surface area (Å²) in [4.78, 5) is 30.0. The van der Waals surface area contributed by atoms with Crippen molar-refractivity contribution in [2.75, 3.05) is 0 Å². The molecular weight excluding hydrogens is 288 g/mol. The van der Waals surface area contributed by atoms with Gasteiger partial charge in [0.25, 0.3) is 5.56 Å². The number of fused-ring (bicyclic) bond motifs is 1. The first-order valence-corrected chi connectivity index (χ1v) is 7.21. The Bertz CT molecular complexity index is 849. The maximum Gasteiger partial charge on any atom is 0.268 e. The highest BCUT2D eigenvalue weighted by atomic mass is 32.1. The number of nitrogens with zero attached hydrogens (tertiary/aromatic N) is 1. The molecule has 3 aromatic rings. The molecule has 0 bridgehead atoms. The van der Waals surface area contributed by atoms with Gasteiger partial charge in [-0.05, 0) is 42.6 Å². The molecule has 0 amide bonds. The van der Waals surface area contributed by atoms with Gasteiger partial charge in [0.05, 0.1) is 5.52 Å². The zero-order valence-electron chi connectivity index (χ0n) is 11.3. The van der Waals surface area contributed by atoms with Gasteiger partial charge in [-0.25, -0.2) is 4.98 Å². The second-order valence-corrected chi connectivity index (χ2v) is 5.43. The Morgan fingerprint density at radius 3 is 2.76 bits per heavy atom. The molecule has 2 aromatic heterocycles. The van der Waals surface area contributed by atoms with Crippen LogP contribution in [0.2, 0.25) is 0 Å². The fourth-order valence-corrected chi connectivity index (χ4v) is 2.65. The lowest BCUT2D eigenvalue weighted by Crippen LogP contribution is -2.12. The first kappa shape index (κ1) is 13.5. The van der Waals surface area contributed by atoms with E-state index in [9.17, 15) is 9.59 Å². The summed E-state index contributed by atoms with van der Waals surface area (Å²) in [6.07, 6.45) is 0. The number of aromatic amines is 1. The van der Waals surface area contributed by atoms with Crippen molar-refractivity contribution in [2.24, 2.45) is 0 Å². The zero-order chi connectivity index (χ0) is 14.8. The largest absolute Gasteiger partial charge is 0.486 e. The summed E-state index contributed by atoms with van der Waals surface area (Å²) >= 11 is 1.36. The third kappa shape index (κ3) is 2.85. The van der Waals surface area contributed by atoms with Crippen molar-refractivity contribution in [3.63, 3.8) is 0 Å². The third-order valence-electron chi connectivity index (χ3n) is 3.00. The zero-order valence-corrected chi connectivity index (χ0v) is 12.1. The molecule has 1 N–H and O–H groups in total. The van der Waals surface area contributed by atoms with E-state index < -0.39 is 0 Å². The van der Waals surface area contributed by atoms with E-state index in [2.05, 4.69) is 9.97 Å². The normalized spacial score (nSPS) is 10.7. The van der Waals surface area contributed by atoms with E-state index in [0.717, 1.165) is 0 Å². The Kier molecular flexibility index (Phi) is 3.53. The molecule has 0 spiro atoms. The summed E-state index contributed by atoms with van der Waals surface area (Å²) in [7, 11) is 0. The number of hydrogen-bond donors (Lipinski definition) is 1. The van der Waals surface area contributed by atoms with E-state index >= 15 is 0 Å². The number of rotatable bonds is 4. The third-order valence-corrected chi connectivity index (χ3v) is 3.90. The van der Waals surface area contributed by atoms with E-state index in [1.807, 2.05) is 5.38 Å². The van der Waals surface area contributed by atoms with Crippen LogP contribution in [0.25, 0.3) is 10.2 Å². The molecule has 21 heavy (non-hydrogen) atoms. The van der Waals surface area contributed by atoms with Crippen molar-refractivity contribution in [1.29, 1.82) is 0 Å². The van der Waals surface area contributed by atoms with Crippen LogP contribution in [0.3, 0.4) is 0 Å². The van der Waals surface area contributed by atoms with Gasteiger partial charge in [-0.15, -0.1) is 11.3 Å². The standard InChI is InChI=1S/C15H12N2O3S/c1-9(18)10-2-4-11(5-3-10)20-8-13-16-12-6-7-21-14(12)15(19)17-13/h2-7H,8H2,1H3,(H,16,17,19). The highest BCUT2D eigenvalue weighted by Crippen LogP contribution is 2.16. The maximum atomic E-state index is 11.8. The number of H-pyrrole nitrogens is 1. The predicted octanol–water partition coefficient (Wildman–Crippen LogP) is 2.77. The second kappa shape index (κ2) is 5.49. The number of Topliss-reactive ketones (excluding diaryl/α,β-unsaturated/α-hetero) is 1. The molecule has 0 fully saturated rings. The number of ketones is 1. The van der Waals surface area contributed by atoms with Crippen LogP contribution >= 0.6 is 11.3 Å². The van der Waals surface area contributed by atoms with Crippen molar-refractivity contribution in [2.45, 2.75) is 13.5 Å². The number of ether oxygens (including phenoxy) is 1. The number of aromatic nitrogens is 2. The summed E-state index contributed by atoms with van der Waals surface area (Å²) in [6.45, 7) is 1.68. The van der Waals surface area contributed by atoms with Crippen molar-refractivity contribution in [1.82, 2.24) is 9.97 Å². The minimum absolute atomic E-state index is 0.00968. The Morgan fingerprint density at radius 1 is 1.29 bits per heavy atom. The number of hydrogen-bond acceptors (Lipinski definition) is 5. The molecule has 0 aliphatic carbocycles. The minimum atomic E-state index is -0.152. The van der Waals surface area contributed by atoms with Gasteiger partial charge in [-0.1, -0.05) is 0 Å². The van der Waals surface area contributed by atoms with Crippen LogP contribution in [0.5, 0.6) is 5.75 Å². The highest BCUT2D eigenvalue weighted by Gasteiger charge is 2.06. The molecule has 0 aliphatic heterocycles. The Hall–Kier alpha value is -2.47. The van der Waals surface area contributed by atoms with Crippen LogP contribution in [0.1, 0.15) is 23.1 Å². The molecule has 6 heteroatoms. The van der Waals surface area contributed by atoms with E-state index in [4.69, 9.17) is 4.74 Å². The van der Waals surface area contributed by atoms with Gasteiger partial charge in [0.15, 0.2) is 5.78 Å². The average molecular weight is 300 g/mol. The fourth-order valence-electron chi connectivity index (χ4n) is 1.93. The van der Waals surface area contributed by atoms with E-state index in [1.54, 1.807) is 30.3 Å². The van der Waals surface area contributed by atoms with Crippen LogP contribution in [0.4, 0.5) is 0 Å². The van der Waals surface area contributed by atoms with Crippen LogP contribution in [-0.2, 0) is 6.61 Å².